The van der Waals surface area contributed by atoms with Crippen molar-refractivity contribution >= 4 is 23.2 Å². The number of nitrogens with one attached hydrogen (secondary N) is 2. The lowest BCUT2D eigenvalue weighted by Gasteiger charge is -2.02. The van der Waals surface area contributed by atoms with E-state index in [-0.39, 0.29) is 10.7 Å². The molecule has 2 aromatic heterocycles. The van der Waals surface area contributed by atoms with E-state index in [0.717, 1.165) is 5.82 Å². The molecule has 0 amide bonds. The standard InChI is InChI=1S/C11H12ClN5/c1-11(3-4-11)7-6-9(17-16-7)14-8-2-5-13-10(12)15-8/h2,5-6H,3-4H2,1H3,(H2,13,14,15,16,17). The van der Waals surface area contributed by atoms with Gasteiger partial charge in [-0.3, -0.25) is 5.10 Å². The fourth-order valence-corrected chi connectivity index (χ4v) is 1.83. The average Bonchev–Trinajstić information content (AvgIpc) is 2.87. The van der Waals surface area contributed by atoms with Crippen LogP contribution in [0.2, 0.25) is 5.28 Å². The lowest BCUT2D eigenvalue weighted by Crippen LogP contribution is -1.99. The highest BCUT2D eigenvalue weighted by atomic mass is 35.5. The van der Waals surface area contributed by atoms with Gasteiger partial charge in [0.1, 0.15) is 5.82 Å². The molecule has 88 valence electrons. The number of aromatic nitrogens is 4. The van der Waals surface area contributed by atoms with E-state index in [0.29, 0.717) is 5.82 Å². The maximum atomic E-state index is 5.71. The van der Waals surface area contributed by atoms with Crippen LogP contribution in [0.5, 0.6) is 0 Å². The third-order valence-corrected chi connectivity index (χ3v) is 3.29. The molecule has 0 bridgehead atoms. The second-order valence-corrected chi connectivity index (χ2v) is 4.90. The Hall–Kier alpha value is -1.62. The van der Waals surface area contributed by atoms with Crippen molar-refractivity contribution in [2.24, 2.45) is 0 Å². The molecular weight excluding hydrogens is 238 g/mol. The first-order chi connectivity index (χ1) is 8.16. The lowest BCUT2D eigenvalue weighted by atomic mass is 10.1. The molecular formula is C11H12ClN5. The summed E-state index contributed by atoms with van der Waals surface area (Å²) in [7, 11) is 0. The summed E-state index contributed by atoms with van der Waals surface area (Å²) in [6, 6.07) is 3.77. The van der Waals surface area contributed by atoms with Crippen molar-refractivity contribution in [2.45, 2.75) is 25.2 Å². The molecule has 0 saturated heterocycles. The smallest absolute Gasteiger partial charge is 0.224 e. The topological polar surface area (TPSA) is 66.5 Å². The molecule has 0 radical (unpaired) electrons. The van der Waals surface area contributed by atoms with Gasteiger partial charge >= 0.3 is 0 Å². The maximum Gasteiger partial charge on any atom is 0.224 e. The SMILES string of the molecule is CC1(c2cc(Nc3ccnc(Cl)n3)n[nH]2)CC1. The third-order valence-electron chi connectivity index (χ3n) is 3.11. The predicted molar refractivity (Wildman–Crippen MR) is 65.5 cm³/mol. The minimum absolute atomic E-state index is 0.222. The zero-order valence-electron chi connectivity index (χ0n) is 9.37. The van der Waals surface area contributed by atoms with Crippen LogP contribution in [0.15, 0.2) is 18.3 Å². The van der Waals surface area contributed by atoms with Gasteiger partial charge in [-0.05, 0) is 30.5 Å². The summed E-state index contributed by atoms with van der Waals surface area (Å²) in [5.41, 5.74) is 1.45. The van der Waals surface area contributed by atoms with Crippen LogP contribution in [0.25, 0.3) is 0 Å². The van der Waals surface area contributed by atoms with Gasteiger partial charge in [0.2, 0.25) is 5.28 Å². The van der Waals surface area contributed by atoms with Crippen molar-refractivity contribution < 1.29 is 0 Å². The molecule has 0 aliphatic heterocycles. The summed E-state index contributed by atoms with van der Waals surface area (Å²) in [4.78, 5) is 7.87. The Morgan fingerprint density at radius 1 is 1.41 bits per heavy atom. The fraction of sp³-hybridized carbons (Fsp3) is 0.364. The second-order valence-electron chi connectivity index (χ2n) is 4.56. The first-order valence-corrected chi connectivity index (χ1v) is 5.85. The summed E-state index contributed by atoms with van der Waals surface area (Å²) in [6.45, 7) is 2.23. The number of nitrogens with zero attached hydrogens (tertiary/aromatic N) is 3. The molecule has 2 aromatic rings. The van der Waals surface area contributed by atoms with E-state index in [2.05, 4.69) is 32.4 Å². The van der Waals surface area contributed by atoms with Crippen LogP contribution in [0.3, 0.4) is 0 Å². The molecule has 2 heterocycles. The number of anilines is 2. The van der Waals surface area contributed by atoms with E-state index >= 15 is 0 Å². The lowest BCUT2D eigenvalue weighted by molar-refractivity contribution is 0.742. The highest BCUT2D eigenvalue weighted by Gasteiger charge is 2.40. The first kappa shape index (κ1) is 10.5. The normalized spacial score (nSPS) is 16.8. The van der Waals surface area contributed by atoms with E-state index in [1.165, 1.54) is 18.5 Å². The molecule has 0 atom stereocenters. The maximum absolute atomic E-state index is 5.71. The first-order valence-electron chi connectivity index (χ1n) is 5.47. The highest BCUT2D eigenvalue weighted by Crippen LogP contribution is 2.47. The second kappa shape index (κ2) is 3.70. The Bertz CT molecular complexity index is 546. The zero-order chi connectivity index (χ0) is 11.9. The molecule has 1 aliphatic rings. The summed E-state index contributed by atoms with van der Waals surface area (Å²) in [6.07, 6.45) is 4.04. The summed E-state index contributed by atoms with van der Waals surface area (Å²) in [5, 5.41) is 10.6. The quantitative estimate of drug-likeness (QED) is 0.821. The largest absolute Gasteiger partial charge is 0.323 e. The van der Waals surface area contributed by atoms with E-state index in [1.54, 1.807) is 12.3 Å². The minimum Gasteiger partial charge on any atom is -0.323 e. The van der Waals surface area contributed by atoms with E-state index in [9.17, 15) is 0 Å². The van der Waals surface area contributed by atoms with Gasteiger partial charge in [0, 0.05) is 23.4 Å². The Morgan fingerprint density at radius 2 is 2.24 bits per heavy atom. The van der Waals surface area contributed by atoms with Crippen LogP contribution >= 0.6 is 11.6 Å². The van der Waals surface area contributed by atoms with Gasteiger partial charge in [-0.15, -0.1) is 0 Å². The van der Waals surface area contributed by atoms with Gasteiger partial charge in [0.05, 0.1) is 0 Å². The van der Waals surface area contributed by atoms with Crippen molar-refractivity contribution in [2.75, 3.05) is 5.32 Å². The molecule has 0 spiro atoms. The molecule has 2 N–H and O–H groups in total. The van der Waals surface area contributed by atoms with Crippen LogP contribution in [-0.2, 0) is 5.41 Å². The monoisotopic (exact) mass is 249 g/mol. The summed E-state index contributed by atoms with van der Waals surface area (Å²) >= 11 is 5.71. The Morgan fingerprint density at radius 3 is 2.94 bits per heavy atom. The molecule has 0 unspecified atom stereocenters. The van der Waals surface area contributed by atoms with E-state index in [1.807, 2.05) is 6.07 Å². The van der Waals surface area contributed by atoms with Crippen LogP contribution in [0, 0.1) is 0 Å². The fourth-order valence-electron chi connectivity index (χ4n) is 1.69. The van der Waals surface area contributed by atoms with Gasteiger partial charge in [-0.2, -0.15) is 5.10 Å². The Kier molecular flexibility index (Phi) is 2.29. The van der Waals surface area contributed by atoms with E-state index in [4.69, 9.17) is 11.6 Å². The molecule has 1 aliphatic carbocycles. The Balaban J connectivity index is 1.79. The highest BCUT2D eigenvalue weighted by molar-refractivity contribution is 6.28. The number of halogens is 1. The minimum atomic E-state index is 0.222. The van der Waals surface area contributed by atoms with Crippen molar-refractivity contribution in [3.63, 3.8) is 0 Å². The molecule has 17 heavy (non-hydrogen) atoms. The van der Waals surface area contributed by atoms with Gasteiger partial charge in [0.15, 0.2) is 5.82 Å². The molecule has 0 aromatic carbocycles. The number of hydrogen-bond acceptors (Lipinski definition) is 4. The van der Waals surface area contributed by atoms with Crippen LogP contribution in [-0.4, -0.2) is 20.2 Å². The average molecular weight is 250 g/mol. The van der Waals surface area contributed by atoms with Gasteiger partial charge in [0.25, 0.3) is 0 Å². The van der Waals surface area contributed by atoms with Crippen molar-refractivity contribution in [1.82, 2.24) is 20.2 Å². The van der Waals surface area contributed by atoms with Crippen molar-refractivity contribution in [3.05, 3.63) is 29.3 Å². The number of aromatic amines is 1. The number of hydrogen-bond donors (Lipinski definition) is 2. The van der Waals surface area contributed by atoms with Crippen LogP contribution < -0.4 is 5.32 Å². The van der Waals surface area contributed by atoms with E-state index < -0.39 is 0 Å². The predicted octanol–water partition coefficient (Wildman–Crippen LogP) is 2.65. The number of H-pyrrole nitrogens is 1. The molecule has 1 fully saturated rings. The molecule has 6 heteroatoms. The molecule has 1 saturated carbocycles. The summed E-state index contributed by atoms with van der Waals surface area (Å²) in [5.74, 6) is 1.40. The molecule has 5 nitrogen and oxygen atoms in total. The third kappa shape index (κ3) is 2.10. The van der Waals surface area contributed by atoms with Crippen LogP contribution in [0.1, 0.15) is 25.5 Å². The van der Waals surface area contributed by atoms with Gasteiger partial charge in [-0.25, -0.2) is 9.97 Å². The van der Waals surface area contributed by atoms with Gasteiger partial charge in [-0.1, -0.05) is 6.92 Å². The zero-order valence-corrected chi connectivity index (χ0v) is 10.1. The van der Waals surface area contributed by atoms with Crippen molar-refractivity contribution in [1.29, 1.82) is 0 Å². The van der Waals surface area contributed by atoms with Crippen LogP contribution in [0.4, 0.5) is 11.6 Å². The molecule has 3 rings (SSSR count). The Labute approximate surface area is 104 Å². The number of rotatable bonds is 3. The van der Waals surface area contributed by atoms with Crippen molar-refractivity contribution in [3.8, 4) is 0 Å². The van der Waals surface area contributed by atoms with Gasteiger partial charge < -0.3 is 5.32 Å². The summed E-state index contributed by atoms with van der Waals surface area (Å²) < 4.78 is 0.